The van der Waals surface area contributed by atoms with Gasteiger partial charge in [0, 0.05) is 6.54 Å². The van der Waals surface area contributed by atoms with Gasteiger partial charge in [-0.05, 0) is 45.7 Å². The summed E-state index contributed by atoms with van der Waals surface area (Å²) in [5, 5.41) is 0.200. The molecule has 0 aliphatic rings. The Morgan fingerprint density at radius 2 is 1.88 bits per heavy atom. The lowest BCUT2D eigenvalue weighted by atomic mass is 10.2. The second-order valence-corrected chi connectivity index (χ2v) is 11.3. The van der Waals surface area contributed by atoms with E-state index < -0.39 is 8.32 Å². The molecule has 2 nitrogen and oxygen atoms in total. The van der Waals surface area contributed by atoms with Gasteiger partial charge < -0.3 is 10.2 Å². The van der Waals surface area contributed by atoms with E-state index >= 15 is 0 Å². The fraction of sp³-hybridized carbons (Fsp3) is 0.538. The van der Waals surface area contributed by atoms with E-state index in [1.54, 1.807) is 0 Å². The summed E-state index contributed by atoms with van der Waals surface area (Å²) in [7, 11) is -1.78. The van der Waals surface area contributed by atoms with Crippen molar-refractivity contribution >= 4 is 24.2 Å². The maximum Gasteiger partial charge on any atom is 0.250 e. The lowest BCUT2D eigenvalue weighted by molar-refractivity contribution is 0.489. The van der Waals surface area contributed by atoms with Crippen molar-refractivity contribution in [2.75, 3.05) is 0 Å². The predicted molar refractivity (Wildman–Crippen MR) is 79.9 cm³/mol. The Labute approximate surface area is 114 Å². The van der Waals surface area contributed by atoms with Crippen LogP contribution in [-0.4, -0.2) is 8.32 Å². The van der Waals surface area contributed by atoms with E-state index in [0.717, 1.165) is 15.8 Å². The van der Waals surface area contributed by atoms with Crippen LogP contribution in [0.3, 0.4) is 0 Å². The van der Waals surface area contributed by atoms with E-state index in [2.05, 4.69) is 49.8 Å². The smallest absolute Gasteiger partial charge is 0.250 e. The van der Waals surface area contributed by atoms with Crippen molar-refractivity contribution < 1.29 is 4.43 Å². The van der Waals surface area contributed by atoms with Gasteiger partial charge in [-0.25, -0.2) is 0 Å². The number of rotatable bonds is 3. The van der Waals surface area contributed by atoms with Gasteiger partial charge in [-0.15, -0.1) is 0 Å². The number of hydrogen-bond donors (Lipinski definition) is 1. The van der Waals surface area contributed by atoms with Gasteiger partial charge in [0.25, 0.3) is 8.32 Å². The summed E-state index contributed by atoms with van der Waals surface area (Å²) in [6.45, 7) is 11.7. The zero-order valence-electron chi connectivity index (χ0n) is 11.3. The van der Waals surface area contributed by atoms with Gasteiger partial charge in [0.15, 0.2) is 0 Å². The van der Waals surface area contributed by atoms with Crippen LogP contribution in [0.1, 0.15) is 26.3 Å². The van der Waals surface area contributed by atoms with Gasteiger partial charge in [-0.1, -0.05) is 32.9 Å². The van der Waals surface area contributed by atoms with Crippen molar-refractivity contribution in [1.82, 2.24) is 0 Å². The molecule has 1 aromatic rings. The SMILES string of the molecule is CC(C)(C)[Si](C)(C)Oc1cccc(CN)c1Br. The summed E-state index contributed by atoms with van der Waals surface area (Å²) in [5.74, 6) is 0.916. The third-order valence-corrected chi connectivity index (χ3v) is 8.68. The first-order valence-corrected chi connectivity index (χ1v) is 9.55. The summed E-state index contributed by atoms with van der Waals surface area (Å²) in [5.41, 5.74) is 6.78. The van der Waals surface area contributed by atoms with Crippen LogP contribution in [0.15, 0.2) is 22.7 Å². The van der Waals surface area contributed by atoms with Crippen LogP contribution >= 0.6 is 15.9 Å². The third-order valence-electron chi connectivity index (χ3n) is 3.43. The van der Waals surface area contributed by atoms with Gasteiger partial charge in [0.05, 0.1) is 4.47 Å². The topological polar surface area (TPSA) is 35.2 Å². The average Bonchev–Trinajstić information content (AvgIpc) is 2.19. The van der Waals surface area contributed by atoms with Gasteiger partial charge >= 0.3 is 0 Å². The molecule has 96 valence electrons. The molecular weight excluding hydrogens is 294 g/mol. The Morgan fingerprint density at radius 3 is 2.35 bits per heavy atom. The number of halogens is 1. The minimum atomic E-state index is -1.78. The molecular formula is C13H22BrNOSi. The highest BCUT2D eigenvalue weighted by atomic mass is 79.9. The van der Waals surface area contributed by atoms with Gasteiger partial charge in [0.1, 0.15) is 5.75 Å². The molecule has 0 bridgehead atoms. The molecule has 0 aliphatic heterocycles. The fourth-order valence-electron chi connectivity index (χ4n) is 1.22. The molecule has 0 saturated carbocycles. The van der Waals surface area contributed by atoms with Crippen molar-refractivity contribution in [3.63, 3.8) is 0 Å². The minimum absolute atomic E-state index is 0.200. The van der Waals surface area contributed by atoms with Crippen LogP contribution in [0.4, 0.5) is 0 Å². The molecule has 0 fully saturated rings. The van der Waals surface area contributed by atoms with Crippen LogP contribution in [0.25, 0.3) is 0 Å². The Bertz CT molecular complexity index is 399. The van der Waals surface area contributed by atoms with E-state index in [4.69, 9.17) is 10.2 Å². The van der Waals surface area contributed by atoms with Crippen LogP contribution in [0, 0.1) is 0 Å². The van der Waals surface area contributed by atoms with Crippen molar-refractivity contribution in [1.29, 1.82) is 0 Å². The van der Waals surface area contributed by atoms with E-state index in [0.29, 0.717) is 6.54 Å². The Hall–Kier alpha value is -0.323. The summed E-state index contributed by atoms with van der Waals surface area (Å²) >= 11 is 3.58. The molecule has 0 amide bonds. The van der Waals surface area contributed by atoms with Crippen molar-refractivity contribution in [2.24, 2.45) is 5.73 Å². The molecule has 0 aliphatic carbocycles. The summed E-state index contributed by atoms with van der Waals surface area (Å²) in [6, 6.07) is 6.02. The first kappa shape index (κ1) is 14.7. The van der Waals surface area contributed by atoms with E-state index in [1.807, 2.05) is 18.2 Å². The highest BCUT2D eigenvalue weighted by Crippen LogP contribution is 2.39. The molecule has 0 spiro atoms. The molecule has 1 aromatic carbocycles. The second kappa shape index (κ2) is 5.12. The predicted octanol–water partition coefficient (Wildman–Crippen LogP) is 4.29. The summed E-state index contributed by atoms with van der Waals surface area (Å²) in [6.07, 6.45) is 0. The first-order valence-electron chi connectivity index (χ1n) is 5.85. The van der Waals surface area contributed by atoms with Crippen molar-refractivity contribution in [3.05, 3.63) is 28.2 Å². The molecule has 2 N–H and O–H groups in total. The zero-order valence-corrected chi connectivity index (χ0v) is 13.9. The van der Waals surface area contributed by atoms with E-state index in [9.17, 15) is 0 Å². The van der Waals surface area contributed by atoms with Gasteiger partial charge in [-0.2, -0.15) is 0 Å². The van der Waals surface area contributed by atoms with E-state index in [1.165, 1.54) is 0 Å². The largest absolute Gasteiger partial charge is 0.543 e. The Balaban J connectivity index is 3.04. The molecule has 1 rings (SSSR count). The van der Waals surface area contributed by atoms with Gasteiger partial charge in [0.2, 0.25) is 0 Å². The highest BCUT2D eigenvalue weighted by Gasteiger charge is 2.39. The maximum absolute atomic E-state index is 6.28. The van der Waals surface area contributed by atoms with Gasteiger partial charge in [-0.3, -0.25) is 0 Å². The molecule has 17 heavy (non-hydrogen) atoms. The van der Waals surface area contributed by atoms with Crippen LogP contribution in [0.5, 0.6) is 5.75 Å². The Morgan fingerprint density at radius 1 is 1.29 bits per heavy atom. The lowest BCUT2D eigenvalue weighted by Crippen LogP contribution is -2.44. The van der Waals surface area contributed by atoms with Crippen molar-refractivity contribution in [2.45, 2.75) is 45.4 Å². The number of nitrogens with two attached hydrogens (primary N) is 1. The second-order valence-electron chi connectivity index (χ2n) is 5.80. The third kappa shape index (κ3) is 3.33. The monoisotopic (exact) mass is 315 g/mol. The number of hydrogen-bond acceptors (Lipinski definition) is 2. The zero-order chi connectivity index (χ0) is 13.3. The molecule has 0 aromatic heterocycles. The highest BCUT2D eigenvalue weighted by molar-refractivity contribution is 9.10. The van der Waals surface area contributed by atoms with Crippen LogP contribution in [0.2, 0.25) is 18.1 Å². The van der Waals surface area contributed by atoms with Crippen LogP contribution < -0.4 is 10.2 Å². The number of benzene rings is 1. The fourth-order valence-corrected chi connectivity index (χ4v) is 2.90. The molecule has 0 heterocycles. The quantitative estimate of drug-likeness (QED) is 0.844. The molecule has 0 saturated heterocycles. The van der Waals surface area contributed by atoms with E-state index in [-0.39, 0.29) is 5.04 Å². The summed E-state index contributed by atoms with van der Waals surface area (Å²) < 4.78 is 7.27. The standard InChI is InChI=1S/C13H22BrNOSi/c1-13(2,3)17(4,5)16-11-8-6-7-10(9-15)12(11)14/h6-8H,9,15H2,1-5H3. The van der Waals surface area contributed by atoms with Crippen molar-refractivity contribution in [3.8, 4) is 5.75 Å². The summed E-state index contributed by atoms with van der Waals surface area (Å²) in [4.78, 5) is 0. The Kier molecular flexibility index (Phi) is 4.44. The molecule has 0 unspecified atom stereocenters. The first-order chi connectivity index (χ1) is 7.69. The molecule has 0 atom stereocenters. The average molecular weight is 316 g/mol. The molecule has 4 heteroatoms. The maximum atomic E-state index is 6.28. The van der Waals surface area contributed by atoms with Crippen LogP contribution in [-0.2, 0) is 6.54 Å². The molecule has 0 radical (unpaired) electrons. The minimum Gasteiger partial charge on any atom is -0.543 e. The normalized spacial score (nSPS) is 12.6. The lowest BCUT2D eigenvalue weighted by Gasteiger charge is -2.36.